The predicted octanol–water partition coefficient (Wildman–Crippen LogP) is 1.59. The van der Waals surface area contributed by atoms with Gasteiger partial charge in [-0.3, -0.25) is 9.59 Å². The van der Waals surface area contributed by atoms with Crippen molar-refractivity contribution in [2.75, 3.05) is 20.3 Å². The molecule has 3 atom stereocenters. The molecule has 120 valence electrons. The van der Waals surface area contributed by atoms with Crippen molar-refractivity contribution in [3.05, 3.63) is 29.8 Å². The average Bonchev–Trinajstić information content (AvgIpc) is 2.52. The van der Waals surface area contributed by atoms with Gasteiger partial charge in [0, 0.05) is 18.5 Å². The van der Waals surface area contributed by atoms with Crippen LogP contribution in [0.2, 0.25) is 0 Å². The first-order valence-electron chi connectivity index (χ1n) is 7.64. The number of piperidine rings is 1. The highest BCUT2D eigenvalue weighted by Gasteiger charge is 2.39. The molecule has 1 aliphatic rings. The van der Waals surface area contributed by atoms with Crippen LogP contribution >= 0.6 is 0 Å². The normalized spacial score (nSPS) is 24.9. The summed E-state index contributed by atoms with van der Waals surface area (Å²) in [6, 6.07) is 7.77. The van der Waals surface area contributed by atoms with E-state index in [0.29, 0.717) is 19.6 Å². The van der Waals surface area contributed by atoms with E-state index in [-0.39, 0.29) is 17.7 Å². The molecule has 1 heterocycles. The second-order valence-electron chi connectivity index (χ2n) is 5.53. The second kappa shape index (κ2) is 7.40. The summed E-state index contributed by atoms with van der Waals surface area (Å²) >= 11 is 0. The number of ether oxygens (including phenoxy) is 2. The maximum atomic E-state index is 12.4. The number of hydrogen-bond acceptors (Lipinski definition) is 5. The third-order valence-electron chi connectivity index (χ3n) is 4.18. The van der Waals surface area contributed by atoms with E-state index in [1.165, 1.54) is 0 Å². The number of Topliss-reactive ketones (excluding diaryl/α,β-unsaturated/α-hetero) is 1. The van der Waals surface area contributed by atoms with E-state index >= 15 is 0 Å². The highest BCUT2D eigenvalue weighted by Crippen LogP contribution is 2.25. The SMILES string of the molecule is CCOC(=O)C1CNC(Cc2ccccc2OC)C(C)C1=O. The van der Waals surface area contributed by atoms with Gasteiger partial charge < -0.3 is 14.8 Å². The molecule has 2 rings (SSSR count). The zero-order valence-electron chi connectivity index (χ0n) is 13.3. The molecule has 0 radical (unpaired) electrons. The molecule has 22 heavy (non-hydrogen) atoms. The van der Waals surface area contributed by atoms with Crippen molar-refractivity contribution in [3.63, 3.8) is 0 Å². The van der Waals surface area contributed by atoms with Gasteiger partial charge in [-0.2, -0.15) is 0 Å². The van der Waals surface area contributed by atoms with E-state index < -0.39 is 11.9 Å². The highest BCUT2D eigenvalue weighted by molar-refractivity contribution is 6.01. The Kier molecular flexibility index (Phi) is 5.55. The molecule has 1 aromatic carbocycles. The van der Waals surface area contributed by atoms with Crippen LogP contribution in [0.1, 0.15) is 19.4 Å². The summed E-state index contributed by atoms with van der Waals surface area (Å²) in [6.45, 7) is 4.23. The number of hydrogen-bond donors (Lipinski definition) is 1. The number of para-hydroxylation sites is 1. The predicted molar refractivity (Wildman–Crippen MR) is 82.8 cm³/mol. The molecule has 0 saturated carbocycles. The molecule has 5 heteroatoms. The monoisotopic (exact) mass is 305 g/mol. The maximum absolute atomic E-state index is 12.4. The summed E-state index contributed by atoms with van der Waals surface area (Å²) in [4.78, 5) is 24.2. The van der Waals surface area contributed by atoms with E-state index in [0.717, 1.165) is 11.3 Å². The Morgan fingerprint density at radius 1 is 1.36 bits per heavy atom. The third-order valence-corrected chi connectivity index (χ3v) is 4.18. The van der Waals surface area contributed by atoms with Crippen LogP contribution in [0, 0.1) is 11.8 Å². The average molecular weight is 305 g/mol. The second-order valence-corrected chi connectivity index (χ2v) is 5.53. The Bertz CT molecular complexity index is 543. The molecule has 1 aromatic rings. The molecule has 3 unspecified atom stereocenters. The van der Waals surface area contributed by atoms with Gasteiger partial charge in [-0.1, -0.05) is 25.1 Å². The van der Waals surface area contributed by atoms with Crippen LogP contribution in [0.5, 0.6) is 5.75 Å². The molecule has 5 nitrogen and oxygen atoms in total. The lowest BCUT2D eigenvalue weighted by molar-refractivity contribution is -0.153. The van der Waals surface area contributed by atoms with Crippen molar-refractivity contribution in [3.8, 4) is 5.75 Å². The van der Waals surface area contributed by atoms with Gasteiger partial charge in [0.1, 0.15) is 11.7 Å². The van der Waals surface area contributed by atoms with Crippen molar-refractivity contribution in [2.45, 2.75) is 26.3 Å². The summed E-state index contributed by atoms with van der Waals surface area (Å²) in [7, 11) is 1.64. The topological polar surface area (TPSA) is 64.6 Å². The maximum Gasteiger partial charge on any atom is 0.317 e. The third kappa shape index (κ3) is 3.47. The van der Waals surface area contributed by atoms with Crippen molar-refractivity contribution in [1.82, 2.24) is 5.32 Å². The van der Waals surface area contributed by atoms with Crippen LogP contribution in [-0.4, -0.2) is 38.1 Å². The lowest BCUT2D eigenvalue weighted by Gasteiger charge is -2.33. The first-order chi connectivity index (χ1) is 10.6. The summed E-state index contributed by atoms with van der Waals surface area (Å²) in [5.74, 6) is -0.590. The Hall–Kier alpha value is -1.88. The van der Waals surface area contributed by atoms with Crippen molar-refractivity contribution in [2.24, 2.45) is 11.8 Å². The van der Waals surface area contributed by atoms with Gasteiger partial charge in [-0.15, -0.1) is 0 Å². The van der Waals surface area contributed by atoms with Crippen LogP contribution in [0.15, 0.2) is 24.3 Å². The summed E-state index contributed by atoms with van der Waals surface area (Å²) in [6.07, 6.45) is 0.687. The van der Waals surface area contributed by atoms with Gasteiger partial charge in [-0.25, -0.2) is 0 Å². The quantitative estimate of drug-likeness (QED) is 0.661. The number of carbonyl (C=O) groups excluding carboxylic acids is 2. The summed E-state index contributed by atoms with van der Waals surface area (Å²) < 4.78 is 10.3. The standard InChI is InChI=1S/C17H23NO4/c1-4-22-17(20)13-10-18-14(11(2)16(13)19)9-12-7-5-6-8-15(12)21-3/h5-8,11,13-14,18H,4,9-10H2,1-3H3. The molecule has 0 amide bonds. The highest BCUT2D eigenvalue weighted by atomic mass is 16.5. The van der Waals surface area contributed by atoms with E-state index in [9.17, 15) is 9.59 Å². The number of esters is 1. The summed E-state index contributed by atoms with van der Waals surface area (Å²) in [5, 5.41) is 3.31. The van der Waals surface area contributed by atoms with Gasteiger partial charge in [0.25, 0.3) is 0 Å². The molecule has 1 saturated heterocycles. The zero-order valence-corrected chi connectivity index (χ0v) is 13.3. The van der Waals surface area contributed by atoms with Crippen LogP contribution in [0.3, 0.4) is 0 Å². The van der Waals surface area contributed by atoms with Crippen molar-refractivity contribution in [1.29, 1.82) is 0 Å². The van der Waals surface area contributed by atoms with Gasteiger partial charge in [-0.05, 0) is 25.0 Å². The van der Waals surface area contributed by atoms with E-state index in [2.05, 4.69) is 5.32 Å². The van der Waals surface area contributed by atoms with E-state index in [4.69, 9.17) is 9.47 Å². The van der Waals surface area contributed by atoms with Crippen LogP contribution in [0.4, 0.5) is 0 Å². The minimum atomic E-state index is -0.691. The van der Waals surface area contributed by atoms with Crippen molar-refractivity contribution < 1.29 is 19.1 Å². The lowest BCUT2D eigenvalue weighted by Crippen LogP contribution is -2.53. The fourth-order valence-electron chi connectivity index (χ4n) is 2.86. The number of benzene rings is 1. The van der Waals surface area contributed by atoms with Crippen LogP contribution < -0.4 is 10.1 Å². The van der Waals surface area contributed by atoms with Gasteiger partial charge in [0.05, 0.1) is 13.7 Å². The van der Waals surface area contributed by atoms with Crippen LogP contribution in [-0.2, 0) is 20.7 Å². The number of carbonyl (C=O) groups is 2. The van der Waals surface area contributed by atoms with Gasteiger partial charge in [0.15, 0.2) is 5.78 Å². The molecular formula is C17H23NO4. The van der Waals surface area contributed by atoms with Crippen LogP contribution in [0.25, 0.3) is 0 Å². The molecule has 0 bridgehead atoms. The first-order valence-corrected chi connectivity index (χ1v) is 7.64. The molecule has 1 aliphatic heterocycles. The first kappa shape index (κ1) is 16.5. The minimum Gasteiger partial charge on any atom is -0.496 e. The smallest absolute Gasteiger partial charge is 0.317 e. The fourth-order valence-corrected chi connectivity index (χ4v) is 2.86. The molecule has 0 aromatic heterocycles. The van der Waals surface area contributed by atoms with Crippen molar-refractivity contribution >= 4 is 11.8 Å². The molecular weight excluding hydrogens is 282 g/mol. The molecule has 0 spiro atoms. The Balaban J connectivity index is 2.06. The number of methoxy groups -OCH3 is 1. The molecule has 1 N–H and O–H groups in total. The Morgan fingerprint density at radius 3 is 2.77 bits per heavy atom. The summed E-state index contributed by atoms with van der Waals surface area (Å²) in [5.41, 5.74) is 1.05. The number of ketones is 1. The molecule has 0 aliphatic carbocycles. The minimum absolute atomic E-state index is 0.00511. The Morgan fingerprint density at radius 2 is 2.09 bits per heavy atom. The largest absolute Gasteiger partial charge is 0.496 e. The van der Waals surface area contributed by atoms with Gasteiger partial charge >= 0.3 is 5.97 Å². The van der Waals surface area contributed by atoms with E-state index in [1.54, 1.807) is 14.0 Å². The lowest BCUT2D eigenvalue weighted by atomic mass is 9.82. The van der Waals surface area contributed by atoms with E-state index in [1.807, 2.05) is 31.2 Å². The number of rotatable bonds is 5. The number of nitrogens with one attached hydrogen (secondary N) is 1. The molecule has 1 fully saturated rings. The fraction of sp³-hybridized carbons (Fsp3) is 0.529. The zero-order chi connectivity index (χ0) is 16.1. The van der Waals surface area contributed by atoms with Gasteiger partial charge in [0.2, 0.25) is 0 Å². The Labute approximate surface area is 131 Å².